The Morgan fingerprint density at radius 2 is 1.83 bits per heavy atom. The van der Waals surface area contributed by atoms with E-state index in [1.807, 2.05) is 12.1 Å². The van der Waals surface area contributed by atoms with E-state index in [0.717, 1.165) is 32.6 Å². The molecule has 3 heteroatoms. The quantitative estimate of drug-likeness (QED) is 0.884. The minimum Gasteiger partial charge on any atom is -0.314 e. The fourth-order valence-electron chi connectivity index (χ4n) is 2.74. The van der Waals surface area contributed by atoms with Crippen LogP contribution in [0.3, 0.4) is 0 Å². The Morgan fingerprint density at radius 1 is 1.22 bits per heavy atom. The van der Waals surface area contributed by atoms with Gasteiger partial charge in [0.05, 0.1) is 0 Å². The van der Waals surface area contributed by atoms with Crippen LogP contribution in [-0.4, -0.2) is 31.1 Å². The summed E-state index contributed by atoms with van der Waals surface area (Å²) in [4.78, 5) is 2.53. The van der Waals surface area contributed by atoms with Gasteiger partial charge in [0, 0.05) is 32.2 Å². The SMILES string of the molecule is CCC(C)[C@H](c1ccc(F)cc1)N1CCNCC1. The van der Waals surface area contributed by atoms with Crippen molar-refractivity contribution in [2.24, 2.45) is 5.92 Å². The minimum atomic E-state index is -0.151. The highest BCUT2D eigenvalue weighted by atomic mass is 19.1. The summed E-state index contributed by atoms with van der Waals surface area (Å²) in [6.45, 7) is 8.76. The van der Waals surface area contributed by atoms with Crippen molar-refractivity contribution in [3.05, 3.63) is 35.6 Å². The van der Waals surface area contributed by atoms with Gasteiger partial charge in [0.1, 0.15) is 5.82 Å². The van der Waals surface area contributed by atoms with Gasteiger partial charge in [-0.15, -0.1) is 0 Å². The van der Waals surface area contributed by atoms with Gasteiger partial charge in [-0.1, -0.05) is 32.4 Å². The second-order valence-electron chi connectivity index (χ2n) is 5.17. The zero-order chi connectivity index (χ0) is 13.0. The lowest BCUT2D eigenvalue weighted by Crippen LogP contribution is -2.46. The molecule has 1 aromatic rings. The first kappa shape index (κ1) is 13.5. The third kappa shape index (κ3) is 3.09. The van der Waals surface area contributed by atoms with Crippen LogP contribution in [0.1, 0.15) is 31.9 Å². The van der Waals surface area contributed by atoms with Crippen molar-refractivity contribution in [1.82, 2.24) is 10.2 Å². The minimum absolute atomic E-state index is 0.151. The smallest absolute Gasteiger partial charge is 0.123 e. The molecule has 18 heavy (non-hydrogen) atoms. The lowest BCUT2D eigenvalue weighted by atomic mass is 9.90. The summed E-state index contributed by atoms with van der Waals surface area (Å²) in [5, 5.41) is 3.39. The van der Waals surface area contributed by atoms with Gasteiger partial charge in [-0.05, 0) is 23.6 Å². The molecule has 0 radical (unpaired) electrons. The summed E-state index contributed by atoms with van der Waals surface area (Å²) >= 11 is 0. The van der Waals surface area contributed by atoms with Crippen LogP contribution in [0.5, 0.6) is 0 Å². The van der Waals surface area contributed by atoms with E-state index >= 15 is 0 Å². The van der Waals surface area contributed by atoms with Crippen LogP contribution in [0.4, 0.5) is 4.39 Å². The van der Waals surface area contributed by atoms with E-state index in [9.17, 15) is 4.39 Å². The molecule has 1 saturated heterocycles. The van der Waals surface area contributed by atoms with Gasteiger partial charge in [-0.25, -0.2) is 4.39 Å². The van der Waals surface area contributed by atoms with Crippen LogP contribution >= 0.6 is 0 Å². The summed E-state index contributed by atoms with van der Waals surface area (Å²) in [7, 11) is 0. The lowest BCUT2D eigenvalue weighted by Gasteiger charge is -2.38. The van der Waals surface area contributed by atoms with E-state index in [4.69, 9.17) is 0 Å². The summed E-state index contributed by atoms with van der Waals surface area (Å²) < 4.78 is 13.1. The van der Waals surface area contributed by atoms with Crippen LogP contribution in [0.2, 0.25) is 0 Å². The normalized spacial score (nSPS) is 20.6. The van der Waals surface area contributed by atoms with E-state index in [1.54, 1.807) is 12.1 Å². The number of hydrogen-bond acceptors (Lipinski definition) is 2. The molecule has 1 aliphatic heterocycles. The zero-order valence-electron chi connectivity index (χ0n) is 11.3. The molecule has 1 heterocycles. The fourth-order valence-corrected chi connectivity index (χ4v) is 2.74. The highest BCUT2D eigenvalue weighted by Gasteiger charge is 2.26. The van der Waals surface area contributed by atoms with Gasteiger partial charge in [0.25, 0.3) is 0 Å². The number of nitrogens with one attached hydrogen (secondary N) is 1. The number of piperazine rings is 1. The summed E-state index contributed by atoms with van der Waals surface area (Å²) in [6, 6.07) is 7.44. The Hall–Kier alpha value is -0.930. The summed E-state index contributed by atoms with van der Waals surface area (Å²) in [5.41, 5.74) is 1.24. The van der Waals surface area contributed by atoms with Crippen molar-refractivity contribution >= 4 is 0 Å². The zero-order valence-corrected chi connectivity index (χ0v) is 11.3. The molecule has 1 aliphatic rings. The third-order valence-corrected chi connectivity index (χ3v) is 3.94. The monoisotopic (exact) mass is 250 g/mol. The number of nitrogens with zero attached hydrogens (tertiary/aromatic N) is 1. The van der Waals surface area contributed by atoms with Crippen molar-refractivity contribution in [3.8, 4) is 0 Å². The number of hydrogen-bond donors (Lipinski definition) is 1. The lowest BCUT2D eigenvalue weighted by molar-refractivity contribution is 0.128. The first-order valence-corrected chi connectivity index (χ1v) is 6.92. The largest absolute Gasteiger partial charge is 0.314 e. The van der Waals surface area contributed by atoms with Gasteiger partial charge in [-0.2, -0.15) is 0 Å². The Morgan fingerprint density at radius 3 is 2.39 bits per heavy atom. The van der Waals surface area contributed by atoms with Crippen LogP contribution in [0.25, 0.3) is 0 Å². The van der Waals surface area contributed by atoms with E-state index in [-0.39, 0.29) is 5.82 Å². The summed E-state index contributed by atoms with van der Waals surface area (Å²) in [6.07, 6.45) is 1.14. The maximum Gasteiger partial charge on any atom is 0.123 e. The molecule has 0 amide bonds. The molecule has 2 nitrogen and oxygen atoms in total. The van der Waals surface area contributed by atoms with Gasteiger partial charge in [-0.3, -0.25) is 4.90 Å². The molecule has 1 unspecified atom stereocenters. The number of halogens is 1. The van der Waals surface area contributed by atoms with Crippen LogP contribution in [0.15, 0.2) is 24.3 Å². The second-order valence-corrected chi connectivity index (χ2v) is 5.17. The van der Waals surface area contributed by atoms with Crippen molar-refractivity contribution in [1.29, 1.82) is 0 Å². The molecule has 0 aliphatic carbocycles. The Kier molecular flexibility index (Phi) is 4.72. The van der Waals surface area contributed by atoms with Gasteiger partial charge in [0.15, 0.2) is 0 Å². The molecular formula is C15H23FN2. The van der Waals surface area contributed by atoms with Crippen molar-refractivity contribution in [2.75, 3.05) is 26.2 Å². The van der Waals surface area contributed by atoms with Gasteiger partial charge >= 0.3 is 0 Å². The third-order valence-electron chi connectivity index (χ3n) is 3.94. The second kappa shape index (κ2) is 6.30. The molecule has 1 N–H and O–H groups in total. The van der Waals surface area contributed by atoms with Crippen LogP contribution in [0, 0.1) is 11.7 Å². The number of benzene rings is 1. The first-order valence-electron chi connectivity index (χ1n) is 6.92. The van der Waals surface area contributed by atoms with Crippen LogP contribution < -0.4 is 5.32 Å². The van der Waals surface area contributed by atoms with Crippen molar-refractivity contribution < 1.29 is 4.39 Å². The molecule has 0 bridgehead atoms. The highest BCUT2D eigenvalue weighted by Crippen LogP contribution is 2.30. The molecule has 1 aromatic carbocycles. The highest BCUT2D eigenvalue weighted by molar-refractivity contribution is 5.21. The fraction of sp³-hybridized carbons (Fsp3) is 0.600. The molecule has 100 valence electrons. The van der Waals surface area contributed by atoms with E-state index in [1.165, 1.54) is 5.56 Å². The van der Waals surface area contributed by atoms with E-state index in [0.29, 0.717) is 12.0 Å². The summed E-state index contributed by atoms with van der Waals surface area (Å²) in [5.74, 6) is 0.440. The number of rotatable bonds is 4. The average molecular weight is 250 g/mol. The average Bonchev–Trinajstić information content (AvgIpc) is 2.42. The standard InChI is InChI=1S/C15H23FN2/c1-3-12(2)15(18-10-8-17-9-11-18)13-4-6-14(16)7-5-13/h4-7,12,15,17H,3,8-11H2,1-2H3/t12?,15-/m1/s1. The van der Waals surface area contributed by atoms with Gasteiger partial charge in [0.2, 0.25) is 0 Å². The molecule has 2 rings (SSSR count). The molecule has 1 fully saturated rings. The first-order chi connectivity index (χ1) is 8.72. The molecule has 0 saturated carbocycles. The predicted molar refractivity (Wildman–Crippen MR) is 73.0 cm³/mol. The Bertz CT molecular complexity index is 357. The molecular weight excluding hydrogens is 227 g/mol. The molecule has 0 spiro atoms. The predicted octanol–water partition coefficient (Wildman–Crippen LogP) is 2.82. The maximum absolute atomic E-state index is 13.1. The molecule has 0 aromatic heterocycles. The molecule has 2 atom stereocenters. The topological polar surface area (TPSA) is 15.3 Å². The van der Waals surface area contributed by atoms with Crippen molar-refractivity contribution in [2.45, 2.75) is 26.3 Å². The van der Waals surface area contributed by atoms with E-state index in [2.05, 4.69) is 24.1 Å². The Labute approximate surface area is 109 Å². The van der Waals surface area contributed by atoms with Gasteiger partial charge < -0.3 is 5.32 Å². The van der Waals surface area contributed by atoms with Crippen molar-refractivity contribution in [3.63, 3.8) is 0 Å². The maximum atomic E-state index is 13.1. The van der Waals surface area contributed by atoms with Crippen LogP contribution in [-0.2, 0) is 0 Å². The van der Waals surface area contributed by atoms with E-state index < -0.39 is 0 Å². The Balaban J connectivity index is 2.20.